The van der Waals surface area contributed by atoms with E-state index in [1.54, 1.807) is 6.92 Å². The number of nitrogens with zero attached hydrogens (tertiary/aromatic N) is 1. The molecule has 1 aliphatic rings. The molecule has 6 heteroatoms. The van der Waals surface area contributed by atoms with Gasteiger partial charge in [0.05, 0.1) is 16.5 Å². The Kier molecular flexibility index (Phi) is 3.75. The first kappa shape index (κ1) is 13.8. The van der Waals surface area contributed by atoms with Crippen molar-refractivity contribution in [1.82, 2.24) is 4.90 Å². The fourth-order valence-corrected chi connectivity index (χ4v) is 2.30. The molecule has 0 bridgehead atoms. The fraction of sp³-hybridized carbons (Fsp3) is 0.385. The van der Waals surface area contributed by atoms with Crippen LogP contribution in [0.15, 0.2) is 18.2 Å². The van der Waals surface area contributed by atoms with Gasteiger partial charge in [0.1, 0.15) is 5.82 Å². The van der Waals surface area contributed by atoms with Crippen LogP contribution in [0, 0.1) is 17.7 Å². The van der Waals surface area contributed by atoms with E-state index in [4.69, 9.17) is 16.7 Å². The Morgan fingerprint density at radius 1 is 1.47 bits per heavy atom. The molecule has 1 unspecified atom stereocenters. The van der Waals surface area contributed by atoms with E-state index < -0.39 is 23.6 Å². The number of carboxylic acid groups (broad SMARTS) is 1. The number of carbonyl (C=O) groups excluding carboxylic acids is 1. The van der Waals surface area contributed by atoms with Crippen molar-refractivity contribution in [2.45, 2.75) is 6.92 Å². The Labute approximate surface area is 114 Å². The van der Waals surface area contributed by atoms with E-state index in [2.05, 4.69) is 0 Å². The summed E-state index contributed by atoms with van der Waals surface area (Å²) in [6.45, 7) is 2.23. The summed E-state index contributed by atoms with van der Waals surface area (Å²) in [6, 6.07) is 4.06. The number of carboxylic acids is 1. The SMILES string of the molecule is CC(C(=O)O)C1CN(C(=O)c2c(F)cccc2Cl)C1. The van der Waals surface area contributed by atoms with Crippen LogP contribution in [0.25, 0.3) is 0 Å². The second-order valence-corrected chi connectivity index (χ2v) is 5.10. The third-order valence-electron chi connectivity index (χ3n) is 3.47. The first-order valence-corrected chi connectivity index (χ1v) is 6.25. The Morgan fingerprint density at radius 3 is 2.63 bits per heavy atom. The highest BCUT2D eigenvalue weighted by Crippen LogP contribution is 2.28. The molecule has 1 saturated heterocycles. The molecular formula is C13H13ClFNO3. The van der Waals surface area contributed by atoms with Gasteiger partial charge in [-0.2, -0.15) is 0 Å². The lowest BCUT2D eigenvalue weighted by Gasteiger charge is -2.41. The lowest BCUT2D eigenvalue weighted by molar-refractivity contribution is -0.144. The van der Waals surface area contributed by atoms with Gasteiger partial charge in [0.15, 0.2) is 0 Å². The van der Waals surface area contributed by atoms with Crippen molar-refractivity contribution in [1.29, 1.82) is 0 Å². The largest absolute Gasteiger partial charge is 0.481 e. The second-order valence-electron chi connectivity index (χ2n) is 4.69. The van der Waals surface area contributed by atoms with E-state index in [9.17, 15) is 14.0 Å². The van der Waals surface area contributed by atoms with Crippen molar-refractivity contribution in [2.75, 3.05) is 13.1 Å². The Bertz CT molecular complexity index is 508. The van der Waals surface area contributed by atoms with Crippen LogP contribution in [-0.2, 0) is 4.79 Å². The predicted molar refractivity (Wildman–Crippen MR) is 67.6 cm³/mol. The maximum Gasteiger partial charge on any atom is 0.306 e. The van der Waals surface area contributed by atoms with Crippen molar-refractivity contribution in [3.63, 3.8) is 0 Å². The van der Waals surface area contributed by atoms with Crippen molar-refractivity contribution in [2.24, 2.45) is 11.8 Å². The Hall–Kier alpha value is -1.62. The van der Waals surface area contributed by atoms with Crippen LogP contribution < -0.4 is 0 Å². The summed E-state index contributed by atoms with van der Waals surface area (Å²) < 4.78 is 13.6. The lowest BCUT2D eigenvalue weighted by atomic mass is 9.86. The molecule has 2 rings (SSSR count). The average molecular weight is 286 g/mol. The van der Waals surface area contributed by atoms with Gasteiger partial charge in [-0.3, -0.25) is 9.59 Å². The highest BCUT2D eigenvalue weighted by Gasteiger charge is 2.38. The molecule has 1 fully saturated rings. The van der Waals surface area contributed by atoms with Crippen molar-refractivity contribution >= 4 is 23.5 Å². The summed E-state index contributed by atoms with van der Waals surface area (Å²) in [7, 11) is 0. The molecule has 1 amide bonds. The summed E-state index contributed by atoms with van der Waals surface area (Å²) >= 11 is 5.82. The van der Waals surface area contributed by atoms with Crippen LogP contribution in [0.4, 0.5) is 4.39 Å². The minimum Gasteiger partial charge on any atom is -0.481 e. The van der Waals surface area contributed by atoms with Crippen molar-refractivity contribution in [3.8, 4) is 0 Å². The number of hydrogen-bond donors (Lipinski definition) is 1. The van der Waals surface area contributed by atoms with Gasteiger partial charge < -0.3 is 10.0 Å². The zero-order chi connectivity index (χ0) is 14.2. The third kappa shape index (κ3) is 2.56. The Balaban J connectivity index is 2.06. The number of rotatable bonds is 3. The molecule has 0 radical (unpaired) electrons. The first-order chi connectivity index (χ1) is 8.91. The van der Waals surface area contributed by atoms with Crippen molar-refractivity contribution < 1.29 is 19.1 Å². The zero-order valence-corrected chi connectivity index (χ0v) is 11.0. The number of halogens is 2. The summed E-state index contributed by atoms with van der Waals surface area (Å²) in [5.74, 6) is -2.64. The smallest absolute Gasteiger partial charge is 0.306 e. The van der Waals surface area contributed by atoms with Crippen LogP contribution in [-0.4, -0.2) is 35.0 Å². The van der Waals surface area contributed by atoms with E-state index in [0.717, 1.165) is 0 Å². The summed E-state index contributed by atoms with van der Waals surface area (Å²) in [5, 5.41) is 8.93. The standard InChI is InChI=1S/C13H13ClFNO3/c1-7(13(18)19)8-5-16(6-8)12(17)11-9(14)3-2-4-10(11)15/h2-4,7-8H,5-6H2,1H3,(H,18,19). The van der Waals surface area contributed by atoms with Gasteiger partial charge in [0.2, 0.25) is 0 Å². The molecule has 1 aliphatic heterocycles. The molecule has 1 N–H and O–H groups in total. The molecule has 0 aliphatic carbocycles. The summed E-state index contributed by atoms with van der Waals surface area (Å²) in [4.78, 5) is 24.3. The van der Waals surface area contributed by atoms with Crippen molar-refractivity contribution in [3.05, 3.63) is 34.6 Å². The number of amides is 1. The maximum atomic E-state index is 13.6. The highest BCUT2D eigenvalue weighted by molar-refractivity contribution is 6.33. The van der Waals surface area contributed by atoms with E-state index in [-0.39, 0.29) is 16.5 Å². The van der Waals surface area contributed by atoms with Crippen LogP contribution in [0.5, 0.6) is 0 Å². The highest BCUT2D eigenvalue weighted by atomic mass is 35.5. The molecule has 0 aromatic heterocycles. The van der Waals surface area contributed by atoms with Gasteiger partial charge >= 0.3 is 5.97 Å². The van der Waals surface area contributed by atoms with Gasteiger partial charge in [-0.25, -0.2) is 4.39 Å². The van der Waals surface area contributed by atoms with E-state index in [0.29, 0.717) is 13.1 Å². The average Bonchev–Trinajstić information content (AvgIpc) is 2.26. The minimum atomic E-state index is -0.888. The molecule has 1 atom stereocenters. The second kappa shape index (κ2) is 5.17. The van der Waals surface area contributed by atoms with E-state index >= 15 is 0 Å². The predicted octanol–water partition coefficient (Wildman–Crippen LogP) is 2.27. The van der Waals surface area contributed by atoms with Crippen LogP contribution in [0.3, 0.4) is 0 Å². The van der Waals surface area contributed by atoms with Crippen LogP contribution in [0.2, 0.25) is 5.02 Å². The number of aliphatic carboxylic acids is 1. The molecule has 1 aromatic rings. The van der Waals surface area contributed by atoms with E-state index in [1.165, 1.54) is 23.1 Å². The monoisotopic (exact) mass is 285 g/mol. The molecule has 102 valence electrons. The molecule has 1 aromatic carbocycles. The molecular weight excluding hydrogens is 273 g/mol. The molecule has 4 nitrogen and oxygen atoms in total. The topological polar surface area (TPSA) is 57.6 Å². The molecule has 0 saturated carbocycles. The third-order valence-corrected chi connectivity index (χ3v) is 3.79. The van der Waals surface area contributed by atoms with E-state index in [1.807, 2.05) is 0 Å². The zero-order valence-electron chi connectivity index (χ0n) is 10.3. The van der Waals surface area contributed by atoms with Crippen LogP contribution >= 0.6 is 11.6 Å². The number of likely N-dealkylation sites (tertiary alicyclic amines) is 1. The fourth-order valence-electron chi connectivity index (χ4n) is 2.06. The lowest BCUT2D eigenvalue weighted by Crippen LogP contribution is -2.53. The maximum absolute atomic E-state index is 13.6. The summed E-state index contributed by atoms with van der Waals surface area (Å²) in [5.41, 5.74) is -0.148. The number of benzene rings is 1. The number of hydrogen-bond acceptors (Lipinski definition) is 2. The van der Waals surface area contributed by atoms with Gasteiger partial charge in [-0.1, -0.05) is 24.6 Å². The van der Waals surface area contributed by atoms with Gasteiger partial charge in [0, 0.05) is 19.0 Å². The molecule has 19 heavy (non-hydrogen) atoms. The normalized spacial score (nSPS) is 16.9. The number of carbonyl (C=O) groups is 2. The Morgan fingerprint density at radius 2 is 2.11 bits per heavy atom. The molecule has 0 spiro atoms. The molecule has 1 heterocycles. The van der Waals surface area contributed by atoms with Gasteiger partial charge in [0.25, 0.3) is 5.91 Å². The van der Waals surface area contributed by atoms with Gasteiger partial charge in [-0.05, 0) is 12.1 Å². The minimum absolute atomic E-state index is 0.0692. The first-order valence-electron chi connectivity index (χ1n) is 5.88. The quantitative estimate of drug-likeness (QED) is 0.927. The van der Waals surface area contributed by atoms with Crippen LogP contribution in [0.1, 0.15) is 17.3 Å². The van der Waals surface area contributed by atoms with Gasteiger partial charge in [-0.15, -0.1) is 0 Å². The summed E-state index contributed by atoms with van der Waals surface area (Å²) in [6.07, 6.45) is 0.